The first kappa shape index (κ1) is 24.2. The predicted octanol–water partition coefficient (Wildman–Crippen LogP) is 1.57. The highest BCUT2D eigenvalue weighted by atomic mass is 19.1. The number of amides is 3. The summed E-state index contributed by atoms with van der Waals surface area (Å²) < 4.78 is 15.4. The molecule has 4 N–H and O–H groups in total. The zero-order valence-electron chi connectivity index (χ0n) is 19.0. The Morgan fingerprint density at radius 1 is 1.28 bits per heavy atom. The Morgan fingerprint density at radius 3 is 2.47 bits per heavy atom. The van der Waals surface area contributed by atoms with E-state index in [0.29, 0.717) is 6.42 Å². The summed E-state index contributed by atoms with van der Waals surface area (Å²) in [4.78, 5) is 37.9. The van der Waals surface area contributed by atoms with E-state index in [-0.39, 0.29) is 36.4 Å². The number of carbonyl (C=O) groups is 3. The van der Waals surface area contributed by atoms with Gasteiger partial charge in [0.1, 0.15) is 12.2 Å². The largest absolute Gasteiger partial charge is 0.381 e. The van der Waals surface area contributed by atoms with E-state index in [4.69, 9.17) is 0 Å². The lowest BCUT2D eigenvalue weighted by atomic mass is 9.70. The van der Waals surface area contributed by atoms with Gasteiger partial charge in [-0.25, -0.2) is 4.39 Å². The molecule has 0 aromatic carbocycles. The van der Waals surface area contributed by atoms with E-state index in [1.54, 1.807) is 26.2 Å². The van der Waals surface area contributed by atoms with Crippen molar-refractivity contribution >= 4 is 23.5 Å². The number of aryl methyl sites for hydroxylation is 1. The number of alkyl halides is 1. The third-order valence-electron chi connectivity index (χ3n) is 6.76. The number of aromatic nitrogens is 2. The topological polar surface area (TPSA) is 125 Å². The lowest BCUT2D eigenvalue weighted by Crippen LogP contribution is -2.69. The number of anilines is 1. The maximum atomic E-state index is 13.9. The van der Waals surface area contributed by atoms with Crippen LogP contribution in [-0.4, -0.2) is 56.5 Å². The molecule has 0 radical (unpaired) electrons. The molecule has 1 heterocycles. The van der Waals surface area contributed by atoms with Crippen LogP contribution in [-0.2, 0) is 21.4 Å². The Labute approximate surface area is 187 Å². The molecule has 3 rings (SSSR count). The Kier molecular flexibility index (Phi) is 7.22. The number of halogens is 1. The zero-order valence-corrected chi connectivity index (χ0v) is 19.0. The quantitative estimate of drug-likeness (QED) is 0.454. The average Bonchev–Trinajstić information content (AvgIpc) is 3.33. The normalized spacial score (nSPS) is 26.0. The van der Waals surface area contributed by atoms with E-state index in [9.17, 15) is 23.9 Å². The second-order valence-corrected chi connectivity index (χ2v) is 9.61. The first-order valence-corrected chi connectivity index (χ1v) is 11.3. The molecule has 2 aliphatic carbocycles. The molecule has 178 valence electrons. The van der Waals surface area contributed by atoms with E-state index in [2.05, 4.69) is 28.0 Å². The van der Waals surface area contributed by atoms with E-state index >= 15 is 0 Å². The number of aliphatic hydroxyl groups excluding tert-OH is 1. The first-order valence-electron chi connectivity index (χ1n) is 11.3. The molecule has 2 atom stereocenters. The molecule has 0 aliphatic heterocycles. The molecule has 9 nitrogen and oxygen atoms in total. The van der Waals surface area contributed by atoms with Crippen molar-refractivity contribution in [2.24, 2.45) is 12.5 Å². The molecular weight excluding hydrogens is 417 g/mol. The molecular formula is C22H34FN5O4. The van der Waals surface area contributed by atoms with E-state index < -0.39 is 35.7 Å². The Hall–Kier alpha value is -2.49. The van der Waals surface area contributed by atoms with Crippen molar-refractivity contribution < 1.29 is 23.9 Å². The van der Waals surface area contributed by atoms with E-state index in [0.717, 1.165) is 25.7 Å². The van der Waals surface area contributed by atoms with Crippen molar-refractivity contribution in [3.05, 3.63) is 12.3 Å². The summed E-state index contributed by atoms with van der Waals surface area (Å²) in [7, 11) is 1.68. The molecule has 32 heavy (non-hydrogen) atoms. The van der Waals surface area contributed by atoms with Gasteiger partial charge in [-0.3, -0.25) is 19.1 Å². The van der Waals surface area contributed by atoms with Gasteiger partial charge in [-0.1, -0.05) is 26.7 Å². The van der Waals surface area contributed by atoms with E-state index in [1.165, 1.54) is 4.68 Å². The minimum absolute atomic E-state index is 0.0760. The van der Waals surface area contributed by atoms with Gasteiger partial charge < -0.3 is 21.1 Å². The average molecular weight is 452 g/mol. The third-order valence-corrected chi connectivity index (χ3v) is 6.76. The highest BCUT2D eigenvalue weighted by Crippen LogP contribution is 2.42. The van der Waals surface area contributed by atoms with Crippen LogP contribution in [0.4, 0.5) is 10.2 Å². The summed E-state index contributed by atoms with van der Waals surface area (Å²) in [6.07, 6.45) is 3.14. The van der Waals surface area contributed by atoms with Gasteiger partial charge in [0.2, 0.25) is 11.8 Å². The summed E-state index contributed by atoms with van der Waals surface area (Å²) in [5, 5.41) is 22.8. The smallest absolute Gasteiger partial charge is 0.256 e. The number of nitrogens with zero attached hydrogens (tertiary/aromatic N) is 2. The molecule has 0 saturated heterocycles. The van der Waals surface area contributed by atoms with Crippen LogP contribution in [0.3, 0.4) is 0 Å². The Balaban J connectivity index is 1.73. The Morgan fingerprint density at radius 2 is 1.94 bits per heavy atom. The molecule has 3 amide bonds. The molecule has 2 unspecified atom stereocenters. The monoisotopic (exact) mass is 451 g/mol. The van der Waals surface area contributed by atoms with Crippen molar-refractivity contribution in [1.29, 1.82) is 0 Å². The molecule has 1 aromatic rings. The number of hydrogen-bond acceptors (Lipinski definition) is 5. The van der Waals surface area contributed by atoms with Crippen LogP contribution >= 0.6 is 0 Å². The van der Waals surface area contributed by atoms with Crippen molar-refractivity contribution in [1.82, 2.24) is 20.4 Å². The highest BCUT2D eigenvalue weighted by Gasteiger charge is 2.54. The van der Waals surface area contributed by atoms with Crippen LogP contribution in [0.25, 0.3) is 0 Å². The molecule has 0 spiro atoms. The van der Waals surface area contributed by atoms with Crippen LogP contribution in [0.15, 0.2) is 12.3 Å². The van der Waals surface area contributed by atoms with Gasteiger partial charge in [-0.15, -0.1) is 0 Å². The fourth-order valence-electron chi connectivity index (χ4n) is 4.82. The maximum Gasteiger partial charge on any atom is 0.256 e. The molecule has 10 heteroatoms. The number of rotatable bonds is 9. The van der Waals surface area contributed by atoms with Gasteiger partial charge in [0.25, 0.3) is 5.91 Å². The first-order chi connectivity index (χ1) is 15.1. The fourth-order valence-corrected chi connectivity index (χ4v) is 4.82. The SMILES string of the molecule is CCC(=O)NC(CC1(C)CCCC1)C(=O)NC1(C(O)C(=O)Nc2ccn(C)n2)CC(F)C1. The minimum Gasteiger partial charge on any atom is -0.381 e. The van der Waals surface area contributed by atoms with Gasteiger partial charge in [-0.05, 0) is 24.7 Å². The van der Waals surface area contributed by atoms with Gasteiger partial charge in [-0.2, -0.15) is 5.10 Å². The lowest BCUT2D eigenvalue weighted by Gasteiger charge is -2.47. The fraction of sp³-hybridized carbons (Fsp3) is 0.727. The number of hydrogen-bond donors (Lipinski definition) is 4. The van der Waals surface area contributed by atoms with Crippen LogP contribution in [0.2, 0.25) is 0 Å². The molecule has 0 bridgehead atoms. The lowest BCUT2D eigenvalue weighted by molar-refractivity contribution is -0.142. The number of carbonyl (C=O) groups excluding carboxylic acids is 3. The maximum absolute atomic E-state index is 13.9. The van der Waals surface area contributed by atoms with Crippen LogP contribution in [0, 0.1) is 5.41 Å². The summed E-state index contributed by atoms with van der Waals surface area (Å²) in [6.45, 7) is 3.80. The second-order valence-electron chi connectivity index (χ2n) is 9.61. The predicted molar refractivity (Wildman–Crippen MR) is 116 cm³/mol. The summed E-state index contributed by atoms with van der Waals surface area (Å²) in [6, 6.07) is 0.750. The molecule has 2 fully saturated rings. The van der Waals surface area contributed by atoms with Crippen molar-refractivity contribution in [3.63, 3.8) is 0 Å². The summed E-state index contributed by atoms with van der Waals surface area (Å²) >= 11 is 0. The van der Waals surface area contributed by atoms with Crippen molar-refractivity contribution in [3.8, 4) is 0 Å². The minimum atomic E-state index is -1.66. The standard InChI is InChI=1S/C22H34FN5O4/c1-4-17(29)24-15(13-21(2)8-5-6-9-21)19(31)26-22(11-14(23)12-22)18(30)20(32)25-16-7-10-28(3)27-16/h7,10,14-15,18,30H,4-6,8-9,11-13H2,1-3H3,(H,24,29)(H,26,31)(H,25,27,32). The molecule has 1 aromatic heterocycles. The Bertz CT molecular complexity index is 845. The van der Waals surface area contributed by atoms with Crippen LogP contribution in [0.5, 0.6) is 0 Å². The summed E-state index contributed by atoms with van der Waals surface area (Å²) in [5.74, 6) is -1.29. The van der Waals surface area contributed by atoms with Gasteiger partial charge in [0.15, 0.2) is 11.9 Å². The van der Waals surface area contributed by atoms with Gasteiger partial charge >= 0.3 is 0 Å². The summed E-state index contributed by atoms with van der Waals surface area (Å²) in [5.41, 5.74) is -1.51. The second kappa shape index (κ2) is 9.56. The van der Waals surface area contributed by atoms with Crippen molar-refractivity contribution in [2.75, 3.05) is 5.32 Å². The number of aliphatic hydroxyl groups is 1. The zero-order chi connectivity index (χ0) is 23.5. The molecule has 2 saturated carbocycles. The third kappa shape index (κ3) is 5.46. The van der Waals surface area contributed by atoms with Crippen LogP contribution < -0.4 is 16.0 Å². The van der Waals surface area contributed by atoms with Gasteiger partial charge in [0.05, 0.1) is 5.54 Å². The van der Waals surface area contributed by atoms with Gasteiger partial charge in [0, 0.05) is 38.6 Å². The molecule has 2 aliphatic rings. The van der Waals surface area contributed by atoms with E-state index in [1.807, 2.05) is 0 Å². The van der Waals surface area contributed by atoms with Crippen LogP contribution in [0.1, 0.15) is 65.2 Å². The highest BCUT2D eigenvalue weighted by molar-refractivity contribution is 5.95. The number of nitrogens with one attached hydrogen (secondary N) is 3. The van der Waals surface area contributed by atoms with Crippen molar-refractivity contribution in [2.45, 2.75) is 89.1 Å².